The summed E-state index contributed by atoms with van der Waals surface area (Å²) in [5.74, 6) is 12.5. The van der Waals surface area contributed by atoms with Crippen molar-refractivity contribution in [3.05, 3.63) is 0 Å². The van der Waals surface area contributed by atoms with Crippen molar-refractivity contribution in [2.45, 2.75) is 444 Å². The van der Waals surface area contributed by atoms with Crippen molar-refractivity contribution >= 4 is 18.6 Å². The Hall–Kier alpha value is -2.75. The molecule has 0 aromatic heterocycles. The maximum atomic E-state index is 13.4. The third kappa shape index (κ3) is 29.9. The van der Waals surface area contributed by atoms with Crippen LogP contribution in [0.1, 0.15) is 333 Å². The molecule has 9 aliphatic carbocycles. The van der Waals surface area contributed by atoms with Gasteiger partial charge in [-0.15, -0.1) is 0 Å². The predicted octanol–water partition coefficient (Wildman–Crippen LogP) is 14.1. The van der Waals surface area contributed by atoms with Crippen LogP contribution in [0.15, 0.2) is 4.99 Å². The Kier molecular flexibility index (Phi) is 40.5. The largest absolute Gasteiger partial charge is 0.450 e. The second-order valence-electron chi connectivity index (χ2n) is 44.5. The van der Waals surface area contributed by atoms with Gasteiger partial charge in [-0.1, -0.05) is 147 Å². The zero-order chi connectivity index (χ0) is 88.8. The maximum absolute atomic E-state index is 13.4. The topological polar surface area (TPSA) is 340 Å². The first-order valence-corrected chi connectivity index (χ1v) is 52.6. The third-order valence-corrected chi connectivity index (χ3v) is 34.1. The first-order valence-electron chi connectivity index (χ1n) is 52.6. The van der Waals surface area contributed by atoms with E-state index in [1.807, 2.05) is 0 Å². The van der Waals surface area contributed by atoms with Gasteiger partial charge in [0.15, 0.2) is 6.29 Å². The number of carbonyl (C=O) groups is 2. The molecule has 35 atom stereocenters. The van der Waals surface area contributed by atoms with Gasteiger partial charge in [-0.05, 0) is 293 Å². The second-order valence-corrected chi connectivity index (χ2v) is 44.5. The van der Waals surface area contributed by atoms with Gasteiger partial charge in [-0.3, -0.25) is 74.4 Å². The summed E-state index contributed by atoms with van der Waals surface area (Å²) in [5, 5.41) is 87.3. The summed E-state index contributed by atoms with van der Waals surface area (Å²) in [7, 11) is 0. The van der Waals surface area contributed by atoms with Crippen molar-refractivity contribution in [2.24, 2.45) is 129 Å². The van der Waals surface area contributed by atoms with E-state index in [0.717, 1.165) is 138 Å². The molecule has 35 unspecified atom stereocenters. The number of hydrogen-bond acceptors (Lipinski definition) is 25. The highest BCUT2D eigenvalue weighted by molar-refractivity contribution is 5.68. The molecule has 4 saturated heterocycles. The summed E-state index contributed by atoms with van der Waals surface area (Å²) in [4.78, 5) is 42.2. The van der Waals surface area contributed by atoms with Crippen molar-refractivity contribution in [3.8, 4) is 0 Å². The fourth-order valence-electron chi connectivity index (χ4n) is 26.7. The van der Waals surface area contributed by atoms with Crippen LogP contribution in [-0.4, -0.2) is 185 Å². The summed E-state index contributed by atoms with van der Waals surface area (Å²) in [6.07, 6.45) is 38.6. The number of carbonyl (C=O) groups excluding carboxylic acids is 2. The highest BCUT2D eigenvalue weighted by Gasteiger charge is 2.50. The Balaban J connectivity index is 0.506. The lowest BCUT2D eigenvalue weighted by Gasteiger charge is -2.52. The predicted molar refractivity (Wildman–Crippen MR) is 496 cm³/mol. The second kappa shape index (κ2) is 50.7. The van der Waals surface area contributed by atoms with Gasteiger partial charge in [0.2, 0.25) is 6.40 Å². The minimum absolute atomic E-state index is 0.0342. The molecule has 726 valence electrons. The maximum Gasteiger partial charge on any atom is 0.409 e. The average molecular weight is 1780 g/mol. The number of hydrogen-bond donors (Lipinski definition) is 17. The van der Waals surface area contributed by atoms with Crippen LogP contribution in [0.25, 0.3) is 0 Å². The van der Waals surface area contributed by atoms with Crippen LogP contribution in [0.4, 0.5) is 9.59 Å². The molecule has 9 saturated carbocycles. The number of ether oxygens (including phenoxy) is 5. The van der Waals surface area contributed by atoms with Crippen LogP contribution < -0.4 is 74.4 Å². The summed E-state index contributed by atoms with van der Waals surface area (Å²) in [6.45, 7) is 31.9. The van der Waals surface area contributed by atoms with E-state index in [2.05, 4.69) is 163 Å². The molecule has 13 aliphatic rings. The van der Waals surface area contributed by atoms with Gasteiger partial charge >= 0.3 is 12.2 Å². The zero-order valence-electron chi connectivity index (χ0n) is 80.4. The molecule has 126 heavy (non-hydrogen) atoms. The number of nitrogens with zero attached hydrogens (tertiary/aromatic N) is 1. The van der Waals surface area contributed by atoms with E-state index in [1.165, 1.54) is 122 Å². The molecule has 17 N–H and O–H groups in total. The van der Waals surface area contributed by atoms with Gasteiger partial charge in [0.25, 0.3) is 0 Å². The van der Waals surface area contributed by atoms with Crippen molar-refractivity contribution in [3.63, 3.8) is 0 Å². The molecule has 0 aromatic rings. The monoisotopic (exact) mass is 1770 g/mol. The fraction of sp³-hybridized carbons (Fsp3) is 0.970. The molecule has 27 heteroatoms. The molecule has 0 radical (unpaired) electrons. The first-order chi connectivity index (χ1) is 60.9. The lowest BCUT2D eigenvalue weighted by Crippen LogP contribution is -2.75. The van der Waals surface area contributed by atoms with Gasteiger partial charge in [-0.2, -0.15) is 4.89 Å². The van der Waals surface area contributed by atoms with Gasteiger partial charge in [0.05, 0.1) is 112 Å². The average Bonchev–Trinajstić information content (AvgIpc) is 0.789. The SMILES string of the molecule is CC1CCC(C2NC(C3CCC(C)CC3C)NC(C3CCC(OCCCCCCOO/C=N/C4NC(NC(=O)OCCCCCCOC5CCC(C6NC(C7CCC(C)CC7C)NC(C7CCC(C)CC7C)N6)C(O)C5)NC(NC(=O)OCCCCCCOC5CCC(C6NC(C7CCC(C)CC7C)NC(C7CCC(C)CC7C)N6)C(O)C5)N4)CC3O)N2)C(C)C1. The van der Waals surface area contributed by atoms with Crippen LogP contribution in [-0.2, 0) is 33.5 Å². The summed E-state index contributed by atoms with van der Waals surface area (Å²) in [5.41, 5.74) is 0. The highest BCUT2D eigenvalue weighted by Crippen LogP contribution is 2.46. The molecular weight excluding hydrogens is 1590 g/mol. The zero-order valence-corrected chi connectivity index (χ0v) is 80.4. The molecule has 13 rings (SSSR count). The number of aliphatic hydroxyl groups is 3. The van der Waals surface area contributed by atoms with E-state index in [9.17, 15) is 24.9 Å². The molecule has 13 fully saturated rings. The van der Waals surface area contributed by atoms with E-state index >= 15 is 0 Å². The van der Waals surface area contributed by atoms with Crippen LogP contribution in [0, 0.1) is 124 Å². The van der Waals surface area contributed by atoms with Crippen LogP contribution in [0.2, 0.25) is 0 Å². The van der Waals surface area contributed by atoms with Gasteiger partial charge in [0.1, 0.15) is 12.6 Å². The fourth-order valence-corrected chi connectivity index (χ4v) is 26.7. The van der Waals surface area contributed by atoms with Crippen molar-refractivity contribution in [1.82, 2.24) is 74.4 Å². The van der Waals surface area contributed by atoms with Crippen molar-refractivity contribution < 1.29 is 58.4 Å². The number of unbranched alkanes of at least 4 members (excludes halogenated alkanes) is 9. The summed E-state index contributed by atoms with van der Waals surface area (Å²) in [6, 6.07) is 0. The number of amides is 2. The number of alkyl carbamates (subject to hydrolysis) is 2. The highest BCUT2D eigenvalue weighted by atomic mass is 17.2. The quantitative estimate of drug-likeness (QED) is 0.00898. The summed E-state index contributed by atoms with van der Waals surface area (Å²) >= 11 is 0. The van der Waals surface area contributed by atoms with E-state index in [-0.39, 0.29) is 105 Å². The standard InChI is InChI=1S/C99H183N15O12/c1-59-25-34-74(65(7)49-59)86-101-87(75-35-26-60(2)50-66(75)8)105-92(104-86)80-40-31-71(55-83(80)115)120-43-19-13-15-22-46-123-98(118)113-96-110-95(100-58-126-125-48-24-18-17-21-45-122-73-33-42-82(85(117)57-73)94-108-90(78-38-29-63(5)53-69(78)11)103-91(109-94)79-39-30-64(6)54-70(79)12)111-97(112-96)114-99(119)124-47-23-16-14-20-44-121-72-32-41-81(84(116)56-72)93-106-88(76-36-27-61(3)51-67(76)9)102-89(107-93)77-37-28-62(4)52-68(77)10/h58-97,101-112,115-117H,13-57H2,1-12H3,(H,113,118)(H,114,119)/b100-58+. The van der Waals surface area contributed by atoms with E-state index in [0.29, 0.717) is 130 Å². The number of aliphatic imine (C=N–C) groups is 1. The molecule has 4 aliphatic heterocycles. The number of aliphatic hydroxyl groups excluding tert-OH is 3. The summed E-state index contributed by atoms with van der Waals surface area (Å²) < 4.78 is 30.7. The Morgan fingerprint density at radius 1 is 0.286 bits per heavy atom. The smallest absolute Gasteiger partial charge is 0.409 e. The number of rotatable bonds is 38. The minimum atomic E-state index is -0.873. The molecular formula is C99H183N15O12. The Bertz CT molecular complexity index is 2930. The molecule has 27 nitrogen and oxygen atoms in total. The van der Waals surface area contributed by atoms with Gasteiger partial charge in [-0.25, -0.2) is 14.6 Å². The van der Waals surface area contributed by atoms with Crippen LogP contribution in [0.3, 0.4) is 0 Å². The van der Waals surface area contributed by atoms with Crippen LogP contribution >= 0.6 is 0 Å². The Labute approximate surface area is 760 Å². The van der Waals surface area contributed by atoms with Gasteiger partial charge < -0.3 is 43.9 Å². The first kappa shape index (κ1) is 101. The van der Waals surface area contributed by atoms with Crippen molar-refractivity contribution in [2.75, 3.05) is 39.6 Å². The van der Waals surface area contributed by atoms with E-state index in [1.54, 1.807) is 0 Å². The minimum Gasteiger partial charge on any atom is -0.450 e. The van der Waals surface area contributed by atoms with Gasteiger partial charge in [0, 0.05) is 37.6 Å². The molecule has 4 heterocycles. The molecule has 0 aromatic carbocycles. The molecule has 2 amide bonds. The Morgan fingerprint density at radius 2 is 0.524 bits per heavy atom. The molecule has 0 spiro atoms. The van der Waals surface area contributed by atoms with Crippen LogP contribution in [0.5, 0.6) is 0 Å². The van der Waals surface area contributed by atoms with Crippen molar-refractivity contribution in [1.29, 1.82) is 0 Å². The van der Waals surface area contributed by atoms with E-state index < -0.39 is 49.4 Å². The Morgan fingerprint density at radius 3 is 0.778 bits per heavy atom. The normalized spacial score (nSPS) is 44.2. The molecule has 0 bridgehead atoms. The lowest BCUT2D eigenvalue weighted by atomic mass is 9.71. The third-order valence-electron chi connectivity index (χ3n) is 34.1. The van der Waals surface area contributed by atoms with E-state index in [4.69, 9.17) is 33.5 Å². The lowest BCUT2D eigenvalue weighted by molar-refractivity contribution is -0.217. The number of nitrogens with one attached hydrogen (secondary N) is 14.